The molecular weight excluding hydrogens is 430 g/mol. The van der Waals surface area contributed by atoms with E-state index in [4.69, 9.17) is 14.2 Å². The Balaban J connectivity index is 1.34. The average molecular weight is 452 g/mol. The van der Waals surface area contributed by atoms with Gasteiger partial charge in [0.2, 0.25) is 0 Å². The number of sulfonamides is 1. The van der Waals surface area contributed by atoms with Crippen LogP contribution in [0.15, 0.2) is 76.6 Å². The molecule has 9 heteroatoms. The van der Waals surface area contributed by atoms with Gasteiger partial charge in [-0.15, -0.1) is 0 Å². The number of fused-ring (bicyclic) bond motifs is 2. The minimum absolute atomic E-state index is 0.154. The van der Waals surface area contributed by atoms with Crippen LogP contribution >= 0.6 is 0 Å². The number of ether oxygens (including phenoxy) is 3. The van der Waals surface area contributed by atoms with Crippen molar-refractivity contribution in [3.8, 4) is 11.5 Å². The summed E-state index contributed by atoms with van der Waals surface area (Å²) in [5, 5.41) is 3.28. The van der Waals surface area contributed by atoms with Crippen molar-refractivity contribution >= 4 is 27.4 Å². The Hall–Kier alpha value is -3.72. The fourth-order valence-electron chi connectivity index (χ4n) is 3.74. The quantitative estimate of drug-likeness (QED) is 0.613. The van der Waals surface area contributed by atoms with Crippen molar-refractivity contribution in [3.63, 3.8) is 0 Å². The molecule has 2 N–H and O–H groups in total. The predicted octanol–water partition coefficient (Wildman–Crippen LogP) is 3.74. The zero-order valence-corrected chi connectivity index (χ0v) is 18.1. The summed E-state index contributed by atoms with van der Waals surface area (Å²) in [6.45, 7) is 0.694. The van der Waals surface area contributed by atoms with Crippen molar-refractivity contribution in [2.45, 2.75) is 17.5 Å². The molecule has 0 bridgehead atoms. The fourth-order valence-corrected chi connectivity index (χ4v) is 4.81. The highest BCUT2D eigenvalue weighted by Gasteiger charge is 2.30. The fraction of sp³-hybridized carbons (Fsp3) is 0.174. The molecule has 2 aliphatic rings. The minimum Gasteiger partial charge on any atom is -0.496 e. The van der Waals surface area contributed by atoms with Gasteiger partial charge in [-0.3, -0.25) is 4.72 Å². The number of anilines is 1. The van der Waals surface area contributed by atoms with Gasteiger partial charge in [-0.25, -0.2) is 8.42 Å². The number of nitrogens with one attached hydrogen (secondary N) is 2. The Bertz CT molecular complexity index is 1290. The number of methoxy groups -OCH3 is 1. The molecule has 0 radical (unpaired) electrons. The van der Waals surface area contributed by atoms with Crippen molar-refractivity contribution in [1.82, 2.24) is 5.32 Å². The van der Waals surface area contributed by atoms with Gasteiger partial charge in [-0.05, 0) is 42.5 Å². The molecule has 164 valence electrons. The zero-order chi connectivity index (χ0) is 22.1. The topological polar surface area (TPSA) is 98.2 Å². The molecule has 1 unspecified atom stereocenters. The van der Waals surface area contributed by atoms with E-state index in [0.717, 1.165) is 22.6 Å². The van der Waals surface area contributed by atoms with Gasteiger partial charge in [0.15, 0.2) is 0 Å². The third-order valence-corrected chi connectivity index (χ3v) is 6.67. The number of aliphatic imine (C=N–C) groups is 1. The maximum absolute atomic E-state index is 12.6. The summed E-state index contributed by atoms with van der Waals surface area (Å²) in [5.41, 5.74) is 2.87. The molecule has 0 aliphatic carbocycles. The summed E-state index contributed by atoms with van der Waals surface area (Å²) in [4.78, 5) is 4.74. The minimum atomic E-state index is -3.67. The van der Waals surface area contributed by atoms with Crippen molar-refractivity contribution in [2.75, 3.05) is 18.4 Å². The number of amidine groups is 1. The average Bonchev–Trinajstić information content (AvgIpc) is 3.22. The van der Waals surface area contributed by atoms with Crippen LogP contribution in [0.25, 0.3) is 0 Å². The van der Waals surface area contributed by atoms with Crippen LogP contribution < -0.4 is 19.5 Å². The van der Waals surface area contributed by atoms with E-state index in [1.54, 1.807) is 55.6 Å². The standard InChI is InChI=1S/C23H21N3O5S/c1-29-20-8-5-9-21-22(20)19(14-30-21)25-23-24-18-11-10-16(12-15(18)13-31-23)26-32(27,28)17-6-3-2-4-7-17/h2-12,19,26H,13-14H2,1H3,(H,24,25). The molecule has 5 rings (SSSR count). The van der Waals surface area contributed by atoms with Crippen LogP contribution in [0.4, 0.5) is 11.4 Å². The largest absolute Gasteiger partial charge is 0.496 e. The van der Waals surface area contributed by atoms with Crippen LogP contribution in [0.2, 0.25) is 0 Å². The van der Waals surface area contributed by atoms with Gasteiger partial charge in [0.1, 0.15) is 24.7 Å². The third kappa shape index (κ3) is 3.82. The van der Waals surface area contributed by atoms with E-state index in [0.29, 0.717) is 24.0 Å². The van der Waals surface area contributed by atoms with Crippen molar-refractivity contribution in [2.24, 2.45) is 4.99 Å². The first-order valence-electron chi connectivity index (χ1n) is 10.0. The highest BCUT2D eigenvalue weighted by molar-refractivity contribution is 7.92. The van der Waals surface area contributed by atoms with E-state index in [9.17, 15) is 8.42 Å². The summed E-state index contributed by atoms with van der Waals surface area (Å²) in [7, 11) is -2.04. The monoisotopic (exact) mass is 451 g/mol. The first-order valence-corrected chi connectivity index (χ1v) is 11.5. The molecule has 0 saturated carbocycles. The van der Waals surface area contributed by atoms with Crippen LogP contribution in [-0.4, -0.2) is 28.2 Å². The predicted molar refractivity (Wildman–Crippen MR) is 120 cm³/mol. The van der Waals surface area contributed by atoms with E-state index in [2.05, 4.69) is 15.0 Å². The lowest BCUT2D eigenvalue weighted by Gasteiger charge is -2.21. The molecule has 0 fully saturated rings. The van der Waals surface area contributed by atoms with Gasteiger partial charge in [0.25, 0.3) is 16.0 Å². The Labute approximate surface area is 185 Å². The number of rotatable bonds is 5. The lowest BCUT2D eigenvalue weighted by atomic mass is 10.1. The van der Waals surface area contributed by atoms with Crippen molar-refractivity contribution in [3.05, 3.63) is 77.9 Å². The Morgan fingerprint density at radius 2 is 1.88 bits per heavy atom. The number of benzene rings is 3. The second kappa shape index (κ2) is 8.08. The summed E-state index contributed by atoms with van der Waals surface area (Å²) < 4.78 is 44.7. The first kappa shape index (κ1) is 20.2. The summed E-state index contributed by atoms with van der Waals surface area (Å²) >= 11 is 0. The molecule has 8 nitrogen and oxygen atoms in total. The van der Waals surface area contributed by atoms with E-state index in [1.807, 2.05) is 18.2 Å². The van der Waals surface area contributed by atoms with Crippen LogP contribution in [0.1, 0.15) is 17.2 Å². The normalized spacial score (nSPS) is 16.7. The van der Waals surface area contributed by atoms with Gasteiger partial charge in [-0.2, -0.15) is 4.99 Å². The maximum atomic E-state index is 12.6. The van der Waals surface area contributed by atoms with E-state index < -0.39 is 10.0 Å². The molecule has 2 heterocycles. The molecule has 0 aromatic heterocycles. The van der Waals surface area contributed by atoms with Crippen molar-refractivity contribution < 1.29 is 22.6 Å². The molecule has 0 spiro atoms. The second-order valence-electron chi connectivity index (χ2n) is 7.35. The van der Waals surface area contributed by atoms with Gasteiger partial charge < -0.3 is 19.5 Å². The lowest BCUT2D eigenvalue weighted by Crippen LogP contribution is -2.32. The Morgan fingerprint density at radius 3 is 2.69 bits per heavy atom. The molecular formula is C23H21N3O5S. The summed E-state index contributed by atoms with van der Waals surface area (Å²) in [6.07, 6.45) is 0. The van der Waals surface area contributed by atoms with Crippen molar-refractivity contribution in [1.29, 1.82) is 0 Å². The lowest BCUT2D eigenvalue weighted by molar-refractivity contribution is 0.256. The molecule has 0 amide bonds. The first-order chi connectivity index (χ1) is 15.5. The van der Waals surface area contributed by atoms with Crippen LogP contribution in [0.5, 0.6) is 11.5 Å². The van der Waals surface area contributed by atoms with E-state index >= 15 is 0 Å². The van der Waals surface area contributed by atoms with Gasteiger partial charge in [0.05, 0.1) is 29.3 Å². The molecule has 3 aromatic rings. The van der Waals surface area contributed by atoms with E-state index in [-0.39, 0.29) is 17.5 Å². The highest BCUT2D eigenvalue weighted by Crippen LogP contribution is 2.39. The SMILES string of the molecule is COc1cccc2c1C(NC1=Nc3ccc(NS(=O)(=O)c4ccccc4)cc3CO1)CO2. The Kier molecular flexibility index (Phi) is 5.10. The third-order valence-electron chi connectivity index (χ3n) is 5.27. The second-order valence-corrected chi connectivity index (χ2v) is 9.03. The maximum Gasteiger partial charge on any atom is 0.290 e. The van der Waals surface area contributed by atoms with Crippen LogP contribution in [0.3, 0.4) is 0 Å². The van der Waals surface area contributed by atoms with E-state index in [1.165, 1.54) is 0 Å². The van der Waals surface area contributed by atoms with Gasteiger partial charge >= 0.3 is 0 Å². The molecule has 2 aliphatic heterocycles. The van der Waals surface area contributed by atoms with Gasteiger partial charge in [-0.1, -0.05) is 24.3 Å². The van der Waals surface area contributed by atoms with Crippen LogP contribution in [-0.2, 0) is 21.4 Å². The number of nitrogens with zero attached hydrogens (tertiary/aromatic N) is 1. The summed E-state index contributed by atoms with van der Waals surface area (Å²) in [6, 6.07) is 19.3. The number of hydrogen-bond acceptors (Lipinski definition) is 7. The smallest absolute Gasteiger partial charge is 0.290 e. The van der Waals surface area contributed by atoms with Gasteiger partial charge in [0, 0.05) is 11.3 Å². The number of hydrogen-bond donors (Lipinski definition) is 2. The molecule has 1 atom stereocenters. The highest BCUT2D eigenvalue weighted by atomic mass is 32.2. The molecule has 3 aromatic carbocycles. The molecule has 32 heavy (non-hydrogen) atoms. The van der Waals surface area contributed by atoms with Crippen LogP contribution in [0, 0.1) is 0 Å². The summed E-state index contributed by atoms with van der Waals surface area (Å²) in [5.74, 6) is 1.51. The zero-order valence-electron chi connectivity index (χ0n) is 17.2. The molecule has 0 saturated heterocycles. The Morgan fingerprint density at radius 1 is 1.03 bits per heavy atom.